The van der Waals surface area contributed by atoms with E-state index >= 15 is 0 Å². The van der Waals surface area contributed by atoms with E-state index in [4.69, 9.17) is 9.47 Å². The average molecular weight is 624 g/mol. The maximum atomic E-state index is 14.8. The second-order valence-electron chi connectivity index (χ2n) is 13.5. The standard InChI is InChI=1S/C36H53N3O6/c1-10-14-25(8)37(19-11-2)34(43)31-36-21-24(7)35(9,45-36)29(30(36)33(42)39(31)28(22-40)23(5)6)32(41)38(20-12-3)26-15-17-27(18-16-26)44-13-4/h11-12,15-18,23-25,28-31,40H,2-3,10,13-14,19-22H2,1,4-9H3/t24?,25?,28-,29-,30-,31?,35+,36?/m0/s1. The summed E-state index contributed by atoms with van der Waals surface area (Å²) in [7, 11) is 0. The summed E-state index contributed by atoms with van der Waals surface area (Å²) in [4.78, 5) is 49.4. The molecule has 3 aliphatic heterocycles. The topological polar surface area (TPSA) is 99.6 Å². The number of anilines is 1. The van der Waals surface area contributed by atoms with Gasteiger partial charge in [-0.25, -0.2) is 0 Å². The van der Waals surface area contributed by atoms with Gasteiger partial charge in [0.1, 0.15) is 17.4 Å². The van der Waals surface area contributed by atoms with E-state index in [0.29, 0.717) is 31.0 Å². The molecule has 1 aromatic rings. The summed E-state index contributed by atoms with van der Waals surface area (Å²) < 4.78 is 12.6. The van der Waals surface area contributed by atoms with E-state index in [1.54, 1.807) is 26.9 Å². The van der Waals surface area contributed by atoms with Crippen LogP contribution in [0.2, 0.25) is 0 Å². The molecule has 3 saturated heterocycles. The Labute approximate surface area is 269 Å². The molecule has 2 bridgehead atoms. The minimum atomic E-state index is -1.21. The summed E-state index contributed by atoms with van der Waals surface area (Å²) in [6.07, 6.45) is 5.52. The number of hydrogen-bond acceptors (Lipinski definition) is 6. The maximum Gasteiger partial charge on any atom is 0.248 e. The highest BCUT2D eigenvalue weighted by Crippen LogP contribution is 2.66. The van der Waals surface area contributed by atoms with Crippen molar-refractivity contribution < 1.29 is 29.0 Å². The zero-order valence-electron chi connectivity index (χ0n) is 28.2. The Morgan fingerprint density at radius 3 is 2.31 bits per heavy atom. The number of aliphatic hydroxyl groups excluding tert-OH is 1. The van der Waals surface area contributed by atoms with Crippen molar-refractivity contribution in [2.75, 3.05) is 31.2 Å². The van der Waals surface area contributed by atoms with Gasteiger partial charge in [-0.3, -0.25) is 14.4 Å². The number of fused-ring (bicyclic) bond motifs is 1. The predicted molar refractivity (Wildman–Crippen MR) is 176 cm³/mol. The number of aliphatic hydroxyl groups is 1. The molecular formula is C36H53N3O6. The lowest BCUT2D eigenvalue weighted by Gasteiger charge is -2.42. The van der Waals surface area contributed by atoms with Gasteiger partial charge in [0, 0.05) is 24.8 Å². The number of nitrogens with zero attached hydrogens (tertiary/aromatic N) is 3. The molecule has 3 amide bonds. The molecule has 9 heteroatoms. The largest absolute Gasteiger partial charge is 0.494 e. The molecule has 4 rings (SSSR count). The van der Waals surface area contributed by atoms with Gasteiger partial charge < -0.3 is 29.3 Å². The van der Waals surface area contributed by atoms with E-state index in [-0.39, 0.29) is 48.8 Å². The van der Waals surface area contributed by atoms with Gasteiger partial charge in [0.15, 0.2) is 0 Å². The number of hydrogen-bond donors (Lipinski definition) is 1. The lowest BCUT2D eigenvalue weighted by Crippen LogP contribution is -2.60. The summed E-state index contributed by atoms with van der Waals surface area (Å²) in [5.41, 5.74) is -1.53. The summed E-state index contributed by atoms with van der Waals surface area (Å²) in [5, 5.41) is 10.6. The molecule has 9 nitrogen and oxygen atoms in total. The molecule has 248 valence electrons. The summed E-state index contributed by atoms with van der Waals surface area (Å²) >= 11 is 0. The Kier molecular flexibility index (Phi) is 10.5. The van der Waals surface area contributed by atoms with Crippen molar-refractivity contribution in [3.63, 3.8) is 0 Å². The van der Waals surface area contributed by atoms with Crippen molar-refractivity contribution in [3.05, 3.63) is 49.6 Å². The minimum absolute atomic E-state index is 0.0914. The Balaban J connectivity index is 1.86. The van der Waals surface area contributed by atoms with Crippen molar-refractivity contribution >= 4 is 23.4 Å². The van der Waals surface area contributed by atoms with E-state index in [0.717, 1.165) is 12.8 Å². The van der Waals surface area contributed by atoms with Crippen LogP contribution in [0.1, 0.15) is 67.7 Å². The fraction of sp³-hybridized carbons (Fsp3) is 0.639. The van der Waals surface area contributed by atoms with Crippen LogP contribution in [0.25, 0.3) is 0 Å². The van der Waals surface area contributed by atoms with Gasteiger partial charge in [-0.15, -0.1) is 13.2 Å². The number of likely N-dealkylation sites (tertiary alicyclic amines) is 1. The molecule has 3 aliphatic rings. The van der Waals surface area contributed by atoms with Crippen LogP contribution in [0.5, 0.6) is 5.75 Å². The number of carbonyl (C=O) groups is 3. The average Bonchev–Trinajstić information content (AvgIpc) is 3.51. The van der Waals surface area contributed by atoms with Crippen LogP contribution in [0.3, 0.4) is 0 Å². The van der Waals surface area contributed by atoms with Crippen LogP contribution in [0, 0.1) is 23.7 Å². The molecule has 0 saturated carbocycles. The van der Waals surface area contributed by atoms with Crippen LogP contribution < -0.4 is 9.64 Å². The highest BCUT2D eigenvalue weighted by molar-refractivity contribution is 6.03. The number of ether oxygens (including phenoxy) is 2. The molecule has 0 aliphatic carbocycles. The SMILES string of the molecule is C=CCN(C(=O)[C@@H]1[C@H]2C(=O)N([C@@H](CO)C(C)C)C(C(=O)N(CC=C)C(C)CCC)C23CC(C)[C@@]1(C)O3)c1ccc(OCC)cc1. The molecule has 1 aromatic carbocycles. The van der Waals surface area contributed by atoms with Gasteiger partial charge in [0.05, 0.1) is 36.7 Å². The smallest absolute Gasteiger partial charge is 0.248 e. The van der Waals surface area contributed by atoms with E-state index in [1.165, 1.54) is 0 Å². The molecular weight excluding hydrogens is 570 g/mol. The second-order valence-corrected chi connectivity index (χ2v) is 13.5. The first-order chi connectivity index (χ1) is 21.4. The van der Waals surface area contributed by atoms with Gasteiger partial charge in [0.2, 0.25) is 17.7 Å². The third-order valence-corrected chi connectivity index (χ3v) is 10.5. The summed E-state index contributed by atoms with van der Waals surface area (Å²) in [6, 6.07) is 5.63. The van der Waals surface area contributed by atoms with Crippen LogP contribution in [0.4, 0.5) is 5.69 Å². The summed E-state index contributed by atoms with van der Waals surface area (Å²) in [5.74, 6) is -2.03. The van der Waals surface area contributed by atoms with Gasteiger partial charge in [0.25, 0.3) is 0 Å². The van der Waals surface area contributed by atoms with Crippen LogP contribution in [0.15, 0.2) is 49.6 Å². The van der Waals surface area contributed by atoms with E-state index in [2.05, 4.69) is 20.1 Å². The normalized spacial score (nSPS) is 29.8. The van der Waals surface area contributed by atoms with Crippen LogP contribution in [-0.4, -0.2) is 88.3 Å². The van der Waals surface area contributed by atoms with Gasteiger partial charge in [-0.05, 0) is 69.7 Å². The predicted octanol–water partition coefficient (Wildman–Crippen LogP) is 4.84. The fourth-order valence-corrected chi connectivity index (χ4v) is 8.17. The third-order valence-electron chi connectivity index (χ3n) is 10.5. The number of rotatable bonds is 15. The highest BCUT2D eigenvalue weighted by atomic mass is 16.5. The maximum absolute atomic E-state index is 14.8. The van der Waals surface area contributed by atoms with Gasteiger partial charge in [-0.2, -0.15) is 0 Å². The fourth-order valence-electron chi connectivity index (χ4n) is 8.17. The monoisotopic (exact) mass is 623 g/mol. The van der Waals surface area contributed by atoms with E-state index < -0.39 is 35.1 Å². The molecule has 4 unspecified atom stereocenters. The molecule has 1 spiro atoms. The van der Waals surface area contributed by atoms with Gasteiger partial charge >= 0.3 is 0 Å². The second kappa shape index (κ2) is 13.7. The molecule has 3 fully saturated rings. The van der Waals surface area contributed by atoms with Crippen LogP contribution in [-0.2, 0) is 19.1 Å². The van der Waals surface area contributed by atoms with Crippen molar-refractivity contribution in [1.29, 1.82) is 0 Å². The Morgan fingerprint density at radius 1 is 1.13 bits per heavy atom. The van der Waals surface area contributed by atoms with Crippen molar-refractivity contribution in [1.82, 2.24) is 9.80 Å². The van der Waals surface area contributed by atoms with Gasteiger partial charge in [-0.1, -0.05) is 46.3 Å². The molecule has 1 N–H and O–H groups in total. The first-order valence-corrected chi connectivity index (χ1v) is 16.6. The number of carbonyl (C=O) groups excluding carboxylic acids is 3. The Hall–Kier alpha value is -3.17. The van der Waals surface area contributed by atoms with Crippen molar-refractivity contribution in [3.8, 4) is 5.75 Å². The first kappa shape index (κ1) is 34.7. The molecule has 45 heavy (non-hydrogen) atoms. The lowest BCUT2D eigenvalue weighted by molar-refractivity contribution is -0.157. The van der Waals surface area contributed by atoms with Crippen LogP contribution >= 0.6 is 0 Å². The summed E-state index contributed by atoms with van der Waals surface area (Å²) in [6.45, 7) is 22.4. The third kappa shape index (κ3) is 5.71. The zero-order chi connectivity index (χ0) is 33.3. The quantitative estimate of drug-likeness (QED) is 0.281. The molecule has 3 heterocycles. The van der Waals surface area contributed by atoms with E-state index in [1.807, 2.05) is 65.8 Å². The van der Waals surface area contributed by atoms with E-state index in [9.17, 15) is 19.5 Å². The molecule has 0 radical (unpaired) electrons. The Morgan fingerprint density at radius 2 is 1.78 bits per heavy atom. The first-order valence-electron chi connectivity index (χ1n) is 16.6. The Bertz CT molecular complexity index is 1270. The highest BCUT2D eigenvalue weighted by Gasteiger charge is 2.80. The number of benzene rings is 1. The zero-order valence-corrected chi connectivity index (χ0v) is 28.2. The number of amides is 3. The van der Waals surface area contributed by atoms with Crippen molar-refractivity contribution in [2.24, 2.45) is 23.7 Å². The molecule has 8 atom stereocenters. The van der Waals surface area contributed by atoms with Crippen molar-refractivity contribution in [2.45, 2.75) is 97.1 Å². The minimum Gasteiger partial charge on any atom is -0.494 e. The molecule has 0 aromatic heterocycles. The lowest BCUT2D eigenvalue weighted by atomic mass is 9.62.